The van der Waals surface area contributed by atoms with E-state index in [1.165, 1.54) is 7.05 Å². The van der Waals surface area contributed by atoms with E-state index in [-0.39, 0.29) is 30.7 Å². The third-order valence-corrected chi connectivity index (χ3v) is 2.95. The number of rotatable bonds is 4. The van der Waals surface area contributed by atoms with E-state index in [0.717, 1.165) is 4.90 Å². The minimum atomic E-state index is -0.634. The SMILES string of the molecule is CNC(=O)CNC1CC(=O)N(c2ccccc2)C1=O. The Morgan fingerprint density at radius 2 is 2.00 bits per heavy atom. The summed E-state index contributed by atoms with van der Waals surface area (Å²) >= 11 is 0. The van der Waals surface area contributed by atoms with Crippen LogP contribution >= 0.6 is 0 Å². The first-order valence-electron chi connectivity index (χ1n) is 5.99. The van der Waals surface area contributed by atoms with Crippen molar-refractivity contribution in [2.24, 2.45) is 0 Å². The maximum absolute atomic E-state index is 12.1. The van der Waals surface area contributed by atoms with Gasteiger partial charge in [-0.05, 0) is 12.1 Å². The van der Waals surface area contributed by atoms with E-state index >= 15 is 0 Å². The maximum Gasteiger partial charge on any atom is 0.251 e. The Balaban J connectivity index is 2.07. The molecule has 0 bridgehead atoms. The number of imide groups is 1. The highest BCUT2D eigenvalue weighted by atomic mass is 16.2. The van der Waals surface area contributed by atoms with E-state index < -0.39 is 6.04 Å². The predicted molar refractivity (Wildman–Crippen MR) is 69.4 cm³/mol. The molecule has 0 radical (unpaired) electrons. The molecule has 6 nitrogen and oxygen atoms in total. The topological polar surface area (TPSA) is 78.5 Å². The molecule has 1 aliphatic rings. The van der Waals surface area contributed by atoms with Gasteiger partial charge in [-0.2, -0.15) is 0 Å². The predicted octanol–water partition coefficient (Wildman–Crippen LogP) is -0.346. The van der Waals surface area contributed by atoms with Crippen LogP contribution in [0.2, 0.25) is 0 Å². The molecule has 19 heavy (non-hydrogen) atoms. The molecule has 0 aliphatic carbocycles. The van der Waals surface area contributed by atoms with Crippen molar-refractivity contribution >= 4 is 23.4 Å². The number of hydrogen-bond donors (Lipinski definition) is 2. The fourth-order valence-electron chi connectivity index (χ4n) is 1.94. The van der Waals surface area contributed by atoms with Crippen molar-refractivity contribution in [1.29, 1.82) is 0 Å². The zero-order valence-corrected chi connectivity index (χ0v) is 10.6. The van der Waals surface area contributed by atoms with Gasteiger partial charge in [0.2, 0.25) is 11.8 Å². The van der Waals surface area contributed by atoms with Crippen LogP contribution in [0.3, 0.4) is 0 Å². The third-order valence-electron chi connectivity index (χ3n) is 2.95. The van der Waals surface area contributed by atoms with Gasteiger partial charge in [-0.25, -0.2) is 4.90 Å². The first kappa shape index (κ1) is 13.2. The van der Waals surface area contributed by atoms with Gasteiger partial charge < -0.3 is 5.32 Å². The lowest BCUT2D eigenvalue weighted by Crippen LogP contribution is -2.43. The van der Waals surface area contributed by atoms with Gasteiger partial charge in [0.15, 0.2) is 0 Å². The Morgan fingerprint density at radius 1 is 1.32 bits per heavy atom. The summed E-state index contributed by atoms with van der Waals surface area (Å²) < 4.78 is 0. The summed E-state index contributed by atoms with van der Waals surface area (Å²) in [4.78, 5) is 36.3. The van der Waals surface area contributed by atoms with E-state index in [2.05, 4.69) is 10.6 Å². The smallest absolute Gasteiger partial charge is 0.251 e. The van der Waals surface area contributed by atoms with Gasteiger partial charge in [-0.15, -0.1) is 0 Å². The van der Waals surface area contributed by atoms with Crippen molar-refractivity contribution in [1.82, 2.24) is 10.6 Å². The van der Waals surface area contributed by atoms with Crippen LogP contribution in [0.4, 0.5) is 5.69 Å². The molecular formula is C13H15N3O3. The lowest BCUT2D eigenvalue weighted by molar-refractivity contribution is -0.121. The number of benzene rings is 1. The van der Waals surface area contributed by atoms with Gasteiger partial charge in [0.1, 0.15) is 0 Å². The fraction of sp³-hybridized carbons (Fsp3) is 0.308. The highest BCUT2D eigenvalue weighted by molar-refractivity contribution is 6.22. The van der Waals surface area contributed by atoms with Crippen molar-refractivity contribution in [2.75, 3.05) is 18.5 Å². The van der Waals surface area contributed by atoms with E-state index in [4.69, 9.17) is 0 Å². The van der Waals surface area contributed by atoms with Crippen LogP contribution in [0.1, 0.15) is 6.42 Å². The molecule has 1 unspecified atom stereocenters. The van der Waals surface area contributed by atoms with Gasteiger partial charge in [0.05, 0.1) is 24.7 Å². The Labute approximate surface area is 110 Å². The van der Waals surface area contributed by atoms with Crippen LogP contribution in [-0.2, 0) is 14.4 Å². The van der Waals surface area contributed by atoms with Gasteiger partial charge in [0, 0.05) is 7.05 Å². The minimum absolute atomic E-state index is 0.0167. The number of carbonyl (C=O) groups is 3. The lowest BCUT2D eigenvalue weighted by atomic mass is 10.2. The standard InChI is InChI=1S/C13H15N3O3/c1-14-11(17)8-15-10-7-12(18)16(13(10)19)9-5-3-2-4-6-9/h2-6,10,15H,7-8H2,1H3,(H,14,17). The zero-order valence-electron chi connectivity index (χ0n) is 10.6. The first-order chi connectivity index (χ1) is 9.13. The summed E-state index contributed by atoms with van der Waals surface area (Å²) in [6.45, 7) is 0.0167. The molecule has 1 atom stereocenters. The molecule has 1 saturated heterocycles. The average molecular weight is 261 g/mol. The van der Waals surface area contributed by atoms with Crippen LogP contribution in [0.5, 0.6) is 0 Å². The van der Waals surface area contributed by atoms with Gasteiger partial charge in [0.25, 0.3) is 5.91 Å². The van der Waals surface area contributed by atoms with E-state index in [0.29, 0.717) is 5.69 Å². The van der Waals surface area contributed by atoms with Crippen LogP contribution < -0.4 is 15.5 Å². The maximum atomic E-state index is 12.1. The largest absolute Gasteiger partial charge is 0.358 e. The molecule has 0 spiro atoms. The number of para-hydroxylation sites is 1. The van der Waals surface area contributed by atoms with Gasteiger partial charge in [-0.1, -0.05) is 18.2 Å². The summed E-state index contributed by atoms with van der Waals surface area (Å²) in [6.07, 6.45) is 0.0741. The number of likely N-dealkylation sites (N-methyl/N-ethyl adjacent to an activating group) is 1. The molecule has 1 aromatic carbocycles. The number of amides is 3. The highest BCUT2D eigenvalue weighted by Crippen LogP contribution is 2.22. The van der Waals surface area contributed by atoms with Crippen molar-refractivity contribution in [2.45, 2.75) is 12.5 Å². The molecule has 0 saturated carbocycles. The van der Waals surface area contributed by atoms with Crippen molar-refractivity contribution in [3.8, 4) is 0 Å². The van der Waals surface area contributed by atoms with E-state index in [1.807, 2.05) is 6.07 Å². The van der Waals surface area contributed by atoms with Gasteiger partial charge >= 0.3 is 0 Å². The number of hydrogen-bond acceptors (Lipinski definition) is 4. The quantitative estimate of drug-likeness (QED) is 0.726. The van der Waals surface area contributed by atoms with Crippen LogP contribution in [0, 0.1) is 0 Å². The number of anilines is 1. The van der Waals surface area contributed by atoms with Crippen molar-refractivity contribution < 1.29 is 14.4 Å². The van der Waals surface area contributed by atoms with E-state index in [1.54, 1.807) is 24.3 Å². The highest BCUT2D eigenvalue weighted by Gasteiger charge is 2.39. The molecule has 0 aromatic heterocycles. The summed E-state index contributed by atoms with van der Waals surface area (Å²) in [7, 11) is 1.52. The second-order valence-electron chi connectivity index (χ2n) is 4.21. The summed E-state index contributed by atoms with van der Waals surface area (Å²) in [5, 5.41) is 5.23. The minimum Gasteiger partial charge on any atom is -0.358 e. The monoisotopic (exact) mass is 261 g/mol. The molecule has 1 heterocycles. The number of nitrogens with zero attached hydrogens (tertiary/aromatic N) is 1. The summed E-state index contributed by atoms with van der Waals surface area (Å²) in [6, 6.07) is 8.12. The second-order valence-corrected chi connectivity index (χ2v) is 4.21. The van der Waals surface area contributed by atoms with Crippen LogP contribution in [0.15, 0.2) is 30.3 Å². The summed E-state index contributed by atoms with van der Waals surface area (Å²) in [5.41, 5.74) is 0.557. The second kappa shape index (κ2) is 5.62. The fourth-order valence-corrected chi connectivity index (χ4v) is 1.94. The third kappa shape index (κ3) is 2.79. The number of nitrogens with one attached hydrogen (secondary N) is 2. The zero-order chi connectivity index (χ0) is 13.8. The molecule has 2 N–H and O–H groups in total. The van der Waals surface area contributed by atoms with Crippen LogP contribution in [0.25, 0.3) is 0 Å². The van der Waals surface area contributed by atoms with Crippen molar-refractivity contribution in [3.63, 3.8) is 0 Å². The van der Waals surface area contributed by atoms with Gasteiger partial charge in [-0.3, -0.25) is 19.7 Å². The molecule has 2 rings (SSSR count). The number of carbonyl (C=O) groups excluding carboxylic acids is 3. The van der Waals surface area contributed by atoms with Crippen molar-refractivity contribution in [3.05, 3.63) is 30.3 Å². The Hall–Kier alpha value is -2.21. The normalized spacial score (nSPS) is 18.8. The molecule has 1 aliphatic heterocycles. The molecule has 3 amide bonds. The molecular weight excluding hydrogens is 246 g/mol. The molecule has 100 valence electrons. The molecule has 1 fully saturated rings. The molecule has 1 aromatic rings. The molecule has 6 heteroatoms. The summed E-state index contributed by atoms with van der Waals surface area (Å²) in [5.74, 6) is -0.802. The average Bonchev–Trinajstić information content (AvgIpc) is 2.71. The lowest BCUT2D eigenvalue weighted by Gasteiger charge is -2.15. The Bertz CT molecular complexity index is 501. The van der Waals surface area contributed by atoms with E-state index in [9.17, 15) is 14.4 Å². The Morgan fingerprint density at radius 3 is 2.63 bits per heavy atom. The van der Waals surface area contributed by atoms with Crippen LogP contribution in [-0.4, -0.2) is 37.4 Å². The Kier molecular flexibility index (Phi) is 3.91. The first-order valence-corrected chi connectivity index (χ1v) is 5.99.